The fourth-order valence-corrected chi connectivity index (χ4v) is 1.86. The van der Waals surface area contributed by atoms with Gasteiger partial charge in [0.15, 0.2) is 0 Å². The molecular formula is C12H21NO3. The second-order valence-corrected chi connectivity index (χ2v) is 4.21. The van der Waals surface area contributed by atoms with Crippen LogP contribution in [0.4, 0.5) is 0 Å². The van der Waals surface area contributed by atoms with Gasteiger partial charge in [-0.2, -0.15) is 0 Å². The number of aliphatic carboxylic acids is 1. The summed E-state index contributed by atoms with van der Waals surface area (Å²) in [4.78, 5) is 10.7. The highest BCUT2D eigenvalue weighted by Crippen LogP contribution is 2.16. The van der Waals surface area contributed by atoms with Crippen LogP contribution in [-0.4, -0.2) is 36.9 Å². The van der Waals surface area contributed by atoms with Gasteiger partial charge in [0.25, 0.3) is 0 Å². The van der Waals surface area contributed by atoms with Crippen LogP contribution < -0.4 is 5.32 Å². The number of carboxylic acids is 1. The Hall–Kier alpha value is -0.870. The highest BCUT2D eigenvalue weighted by molar-refractivity contribution is 5.86. The van der Waals surface area contributed by atoms with Gasteiger partial charge in [0.2, 0.25) is 0 Å². The molecule has 2 atom stereocenters. The van der Waals surface area contributed by atoms with Crippen LogP contribution in [0, 0.1) is 5.92 Å². The Morgan fingerprint density at radius 1 is 1.69 bits per heavy atom. The number of ether oxygens (including phenoxy) is 1. The van der Waals surface area contributed by atoms with E-state index in [2.05, 4.69) is 12.2 Å². The van der Waals surface area contributed by atoms with Crippen LogP contribution in [0.2, 0.25) is 0 Å². The minimum absolute atomic E-state index is 0.380. The van der Waals surface area contributed by atoms with E-state index >= 15 is 0 Å². The summed E-state index contributed by atoms with van der Waals surface area (Å²) in [5, 5.41) is 12.2. The molecule has 0 aromatic rings. The molecule has 1 rings (SSSR count). The first kappa shape index (κ1) is 13.2. The van der Waals surface area contributed by atoms with Crippen molar-refractivity contribution in [2.75, 3.05) is 19.8 Å². The number of rotatable bonds is 6. The maximum Gasteiger partial charge on any atom is 0.331 e. The predicted molar refractivity (Wildman–Crippen MR) is 62.4 cm³/mol. The molecule has 1 aliphatic heterocycles. The molecule has 2 N–H and O–H groups in total. The van der Waals surface area contributed by atoms with Gasteiger partial charge in [-0.3, -0.25) is 0 Å². The van der Waals surface area contributed by atoms with Gasteiger partial charge in [-0.05, 0) is 25.7 Å². The average Bonchev–Trinajstić information content (AvgIpc) is 2.76. The summed E-state index contributed by atoms with van der Waals surface area (Å²) in [6.07, 6.45) is 3.42. The lowest BCUT2D eigenvalue weighted by atomic mass is 10.0. The summed E-state index contributed by atoms with van der Waals surface area (Å²) in [5.41, 5.74) is 0.474. The van der Waals surface area contributed by atoms with Gasteiger partial charge in [-0.15, -0.1) is 0 Å². The Bertz CT molecular complexity index is 257. The normalized spacial score (nSPS) is 23.4. The zero-order valence-electron chi connectivity index (χ0n) is 10.0. The smallest absolute Gasteiger partial charge is 0.331 e. The third kappa shape index (κ3) is 3.94. The Morgan fingerprint density at radius 2 is 2.44 bits per heavy atom. The molecule has 1 fully saturated rings. The lowest BCUT2D eigenvalue weighted by Crippen LogP contribution is -2.34. The van der Waals surface area contributed by atoms with Crippen molar-refractivity contribution in [3.8, 4) is 0 Å². The van der Waals surface area contributed by atoms with Crippen molar-refractivity contribution in [2.45, 2.75) is 32.7 Å². The summed E-state index contributed by atoms with van der Waals surface area (Å²) in [5.74, 6) is -0.260. The molecule has 2 unspecified atom stereocenters. The number of hydrogen-bond donors (Lipinski definition) is 2. The number of carboxylic acid groups (broad SMARTS) is 1. The zero-order valence-corrected chi connectivity index (χ0v) is 10.0. The van der Waals surface area contributed by atoms with Gasteiger partial charge in [-0.25, -0.2) is 4.79 Å². The number of nitrogens with one attached hydrogen (secondary N) is 1. The number of hydrogen-bond acceptors (Lipinski definition) is 3. The molecule has 4 nitrogen and oxygen atoms in total. The van der Waals surface area contributed by atoms with Crippen molar-refractivity contribution in [3.05, 3.63) is 11.6 Å². The van der Waals surface area contributed by atoms with Gasteiger partial charge in [0, 0.05) is 24.8 Å². The standard InChI is InChI=1S/C12H21NO3/c1-3-10(12(14)15)4-6-13-9(2)11-5-7-16-8-11/h4,9,11,13H,3,5-8H2,1-2H3,(H,14,15). The minimum Gasteiger partial charge on any atom is -0.478 e. The molecule has 16 heavy (non-hydrogen) atoms. The van der Waals surface area contributed by atoms with E-state index < -0.39 is 5.97 Å². The van der Waals surface area contributed by atoms with E-state index in [-0.39, 0.29) is 0 Å². The number of carbonyl (C=O) groups is 1. The molecule has 4 heteroatoms. The van der Waals surface area contributed by atoms with E-state index in [1.54, 1.807) is 6.08 Å². The van der Waals surface area contributed by atoms with Crippen LogP contribution in [0.25, 0.3) is 0 Å². The molecule has 0 amide bonds. The highest BCUT2D eigenvalue weighted by atomic mass is 16.5. The van der Waals surface area contributed by atoms with Crippen LogP contribution >= 0.6 is 0 Å². The van der Waals surface area contributed by atoms with E-state index in [4.69, 9.17) is 9.84 Å². The first-order chi connectivity index (χ1) is 7.65. The van der Waals surface area contributed by atoms with Gasteiger partial charge in [-0.1, -0.05) is 13.0 Å². The van der Waals surface area contributed by atoms with Crippen LogP contribution in [-0.2, 0) is 9.53 Å². The second-order valence-electron chi connectivity index (χ2n) is 4.21. The van der Waals surface area contributed by atoms with Gasteiger partial charge in [0.1, 0.15) is 0 Å². The van der Waals surface area contributed by atoms with Crippen molar-refractivity contribution >= 4 is 5.97 Å². The van der Waals surface area contributed by atoms with E-state index in [1.807, 2.05) is 6.92 Å². The van der Waals surface area contributed by atoms with Gasteiger partial charge < -0.3 is 15.2 Å². The zero-order chi connectivity index (χ0) is 12.0. The summed E-state index contributed by atoms with van der Waals surface area (Å²) >= 11 is 0. The van der Waals surface area contributed by atoms with E-state index in [0.717, 1.165) is 19.6 Å². The summed E-state index contributed by atoms with van der Waals surface area (Å²) in [6, 6.07) is 0.380. The highest BCUT2D eigenvalue weighted by Gasteiger charge is 2.21. The van der Waals surface area contributed by atoms with Gasteiger partial charge in [0.05, 0.1) is 6.61 Å². The molecule has 0 spiro atoms. The average molecular weight is 227 g/mol. The third-order valence-corrected chi connectivity index (χ3v) is 3.12. The molecule has 1 heterocycles. The van der Waals surface area contributed by atoms with Crippen LogP contribution in [0.3, 0.4) is 0 Å². The first-order valence-corrected chi connectivity index (χ1v) is 5.88. The Morgan fingerprint density at radius 3 is 2.94 bits per heavy atom. The SMILES string of the molecule is CCC(=CCNC(C)C1CCOC1)C(=O)O. The Kier molecular flexibility index (Phi) is 5.49. The van der Waals surface area contributed by atoms with Crippen LogP contribution in [0.5, 0.6) is 0 Å². The van der Waals surface area contributed by atoms with Crippen molar-refractivity contribution in [1.29, 1.82) is 0 Å². The molecule has 1 aliphatic rings. The molecule has 0 bridgehead atoms. The maximum atomic E-state index is 10.7. The molecular weight excluding hydrogens is 206 g/mol. The quantitative estimate of drug-likeness (QED) is 0.674. The van der Waals surface area contributed by atoms with Crippen LogP contribution in [0.15, 0.2) is 11.6 Å². The largest absolute Gasteiger partial charge is 0.478 e. The lowest BCUT2D eigenvalue weighted by Gasteiger charge is -2.18. The first-order valence-electron chi connectivity index (χ1n) is 5.88. The Balaban J connectivity index is 2.30. The fraction of sp³-hybridized carbons (Fsp3) is 0.750. The van der Waals surface area contributed by atoms with Crippen molar-refractivity contribution < 1.29 is 14.6 Å². The van der Waals surface area contributed by atoms with Crippen LogP contribution in [0.1, 0.15) is 26.7 Å². The topological polar surface area (TPSA) is 58.6 Å². The second kappa shape index (κ2) is 6.66. The van der Waals surface area contributed by atoms with Crippen molar-refractivity contribution in [2.24, 2.45) is 5.92 Å². The summed E-state index contributed by atoms with van der Waals surface area (Å²) in [7, 11) is 0. The Labute approximate surface area is 96.7 Å². The molecule has 0 saturated carbocycles. The molecule has 92 valence electrons. The monoisotopic (exact) mass is 227 g/mol. The van der Waals surface area contributed by atoms with E-state index in [1.165, 1.54) is 0 Å². The van der Waals surface area contributed by atoms with E-state index in [0.29, 0.717) is 30.5 Å². The van der Waals surface area contributed by atoms with Gasteiger partial charge >= 0.3 is 5.97 Å². The van der Waals surface area contributed by atoms with Crippen molar-refractivity contribution in [3.63, 3.8) is 0 Å². The maximum absolute atomic E-state index is 10.7. The minimum atomic E-state index is -0.818. The molecule has 0 aliphatic carbocycles. The summed E-state index contributed by atoms with van der Waals surface area (Å²) < 4.78 is 5.32. The lowest BCUT2D eigenvalue weighted by molar-refractivity contribution is -0.132. The summed E-state index contributed by atoms with van der Waals surface area (Å²) in [6.45, 7) is 6.26. The molecule has 0 aromatic carbocycles. The predicted octanol–water partition coefficient (Wildman–Crippen LogP) is 1.42. The van der Waals surface area contributed by atoms with E-state index in [9.17, 15) is 4.79 Å². The fourth-order valence-electron chi connectivity index (χ4n) is 1.86. The molecule has 1 saturated heterocycles. The third-order valence-electron chi connectivity index (χ3n) is 3.12. The molecule has 0 aromatic heterocycles. The van der Waals surface area contributed by atoms with Crippen molar-refractivity contribution in [1.82, 2.24) is 5.32 Å². The molecule has 0 radical (unpaired) electrons.